The Morgan fingerprint density at radius 1 is 0.947 bits per heavy atom. The molecule has 2 aliphatic carbocycles. The van der Waals surface area contributed by atoms with E-state index < -0.39 is 6.09 Å². The number of ketones is 1. The lowest BCUT2D eigenvalue weighted by atomic mass is 9.98. The third kappa shape index (κ3) is 4.58. The molecule has 3 aromatic carbocycles. The number of nitrogens with one attached hydrogen (secondary N) is 1. The number of rotatable bonds is 8. The van der Waals surface area contributed by atoms with Crippen molar-refractivity contribution < 1.29 is 28.6 Å². The van der Waals surface area contributed by atoms with E-state index in [1.807, 2.05) is 24.3 Å². The van der Waals surface area contributed by atoms with E-state index in [0.29, 0.717) is 22.7 Å². The van der Waals surface area contributed by atoms with Gasteiger partial charge in [-0.1, -0.05) is 48.5 Å². The molecule has 3 aliphatic rings. The van der Waals surface area contributed by atoms with Crippen LogP contribution < -0.4 is 14.8 Å². The van der Waals surface area contributed by atoms with Gasteiger partial charge in [-0.05, 0) is 41.2 Å². The summed E-state index contributed by atoms with van der Waals surface area (Å²) in [6.45, 7) is 1.90. The number of anilines is 1. The lowest BCUT2D eigenvalue weighted by Crippen LogP contribution is -2.36. The van der Waals surface area contributed by atoms with Crippen LogP contribution in [-0.2, 0) is 9.53 Å². The summed E-state index contributed by atoms with van der Waals surface area (Å²) < 4.78 is 16.7. The van der Waals surface area contributed by atoms with E-state index in [1.165, 1.54) is 18.1 Å². The molecular weight excluding hydrogens is 484 g/mol. The van der Waals surface area contributed by atoms with Gasteiger partial charge in [-0.2, -0.15) is 0 Å². The number of hydrogen-bond donors (Lipinski definition) is 1. The highest BCUT2D eigenvalue weighted by atomic mass is 16.7. The van der Waals surface area contributed by atoms with Gasteiger partial charge in [0.25, 0.3) is 0 Å². The maximum atomic E-state index is 13.2. The average molecular weight is 513 g/mol. The summed E-state index contributed by atoms with van der Waals surface area (Å²) in [4.78, 5) is 39.8. The Morgan fingerprint density at radius 3 is 2.21 bits per heavy atom. The summed E-state index contributed by atoms with van der Waals surface area (Å²) in [5, 5.41) is 2.70. The van der Waals surface area contributed by atoms with Gasteiger partial charge in [-0.3, -0.25) is 9.59 Å². The normalized spacial score (nSPS) is 15.0. The minimum atomic E-state index is -0.407. The number of carbonyl (C=O) groups excluding carboxylic acids is 3. The van der Waals surface area contributed by atoms with Crippen molar-refractivity contribution in [2.45, 2.75) is 38.1 Å². The fraction of sp³-hybridized carbons (Fsp3) is 0.300. The van der Waals surface area contributed by atoms with Crippen LogP contribution in [0.4, 0.5) is 10.5 Å². The van der Waals surface area contributed by atoms with E-state index in [1.54, 1.807) is 17.0 Å². The van der Waals surface area contributed by atoms with Crippen molar-refractivity contribution in [3.8, 4) is 22.6 Å². The third-order valence-electron chi connectivity index (χ3n) is 7.26. The fourth-order valence-electron chi connectivity index (χ4n) is 5.31. The zero-order valence-electron chi connectivity index (χ0n) is 21.1. The molecule has 0 unspecified atom stereocenters. The summed E-state index contributed by atoms with van der Waals surface area (Å²) in [7, 11) is 0. The van der Waals surface area contributed by atoms with Crippen LogP contribution in [0.25, 0.3) is 11.1 Å². The number of ether oxygens (including phenoxy) is 3. The summed E-state index contributed by atoms with van der Waals surface area (Å²) in [5.74, 6) is 0.407. The Bertz CT molecular complexity index is 1380. The molecule has 1 N–H and O–H groups in total. The smallest absolute Gasteiger partial charge is 0.410 e. The van der Waals surface area contributed by atoms with Gasteiger partial charge in [0, 0.05) is 43.5 Å². The molecule has 0 bridgehead atoms. The van der Waals surface area contributed by atoms with E-state index in [0.717, 1.165) is 24.0 Å². The van der Waals surface area contributed by atoms with E-state index >= 15 is 0 Å². The van der Waals surface area contributed by atoms with Gasteiger partial charge >= 0.3 is 6.09 Å². The highest BCUT2D eigenvalue weighted by molar-refractivity contribution is 6.05. The Kier molecular flexibility index (Phi) is 6.23. The fourth-order valence-corrected chi connectivity index (χ4v) is 5.31. The predicted octanol–water partition coefficient (Wildman–Crippen LogP) is 5.36. The molecule has 0 atom stereocenters. The molecule has 1 heterocycles. The minimum Gasteiger partial charge on any atom is -0.454 e. The molecule has 2 amide bonds. The van der Waals surface area contributed by atoms with E-state index in [-0.39, 0.29) is 50.0 Å². The van der Waals surface area contributed by atoms with Crippen LogP contribution in [0.3, 0.4) is 0 Å². The first kappa shape index (κ1) is 24.0. The second-order valence-electron chi connectivity index (χ2n) is 9.83. The number of benzene rings is 3. The first-order chi connectivity index (χ1) is 18.5. The van der Waals surface area contributed by atoms with Gasteiger partial charge in [-0.25, -0.2) is 4.79 Å². The summed E-state index contributed by atoms with van der Waals surface area (Å²) in [5.41, 5.74) is 5.35. The Morgan fingerprint density at radius 2 is 1.58 bits per heavy atom. The van der Waals surface area contributed by atoms with Crippen LogP contribution in [0, 0.1) is 0 Å². The second-order valence-corrected chi connectivity index (χ2v) is 9.83. The van der Waals surface area contributed by atoms with Crippen LogP contribution in [0.2, 0.25) is 0 Å². The Hall–Kier alpha value is -4.33. The molecule has 38 heavy (non-hydrogen) atoms. The molecule has 1 aliphatic heterocycles. The SMILES string of the molecule is CC(=O)Nc1cc2c(cc1C(=O)CCN(C(=O)OCC1c3ccccc3-c3ccccc31)C1CC1)OCO2. The number of carbonyl (C=O) groups is 3. The predicted molar refractivity (Wildman–Crippen MR) is 141 cm³/mol. The van der Waals surface area contributed by atoms with Gasteiger partial charge in [0.15, 0.2) is 17.3 Å². The van der Waals surface area contributed by atoms with E-state index in [9.17, 15) is 14.4 Å². The van der Waals surface area contributed by atoms with E-state index in [2.05, 4.69) is 29.6 Å². The monoisotopic (exact) mass is 512 g/mol. The largest absolute Gasteiger partial charge is 0.454 e. The maximum Gasteiger partial charge on any atom is 0.410 e. The molecule has 0 spiro atoms. The van der Waals surface area contributed by atoms with Crippen LogP contribution >= 0.6 is 0 Å². The molecule has 1 fully saturated rings. The third-order valence-corrected chi connectivity index (χ3v) is 7.26. The van der Waals surface area contributed by atoms with Crippen molar-refractivity contribution >= 4 is 23.5 Å². The first-order valence-corrected chi connectivity index (χ1v) is 12.9. The standard InChI is InChI=1S/C30H28N2O6/c1-18(33)31-26-15-29-28(37-17-38-29)14-24(26)27(34)12-13-32(19-10-11-19)30(35)36-16-25-22-8-4-2-6-20(22)21-7-3-5-9-23(21)25/h2-9,14-15,19,25H,10-13,16-17H2,1H3,(H,31,33). The molecule has 3 aromatic rings. The van der Waals surface area contributed by atoms with Crippen LogP contribution in [0.15, 0.2) is 60.7 Å². The molecule has 8 heteroatoms. The first-order valence-electron chi connectivity index (χ1n) is 12.9. The van der Waals surface area contributed by atoms with Gasteiger partial charge in [0.05, 0.1) is 5.69 Å². The highest BCUT2D eigenvalue weighted by Gasteiger charge is 2.35. The van der Waals surface area contributed by atoms with Crippen molar-refractivity contribution in [2.75, 3.05) is 25.3 Å². The minimum absolute atomic E-state index is 0.0251. The molecule has 8 nitrogen and oxygen atoms in total. The number of Topliss-reactive ketones (excluding diaryl/α,β-unsaturated/α-hetero) is 1. The molecule has 6 rings (SSSR count). The van der Waals surface area contributed by atoms with Crippen molar-refractivity contribution in [1.29, 1.82) is 0 Å². The Balaban J connectivity index is 1.14. The number of fused-ring (bicyclic) bond motifs is 4. The van der Waals surface area contributed by atoms with Crippen LogP contribution in [0.1, 0.15) is 53.6 Å². The van der Waals surface area contributed by atoms with Crippen LogP contribution in [-0.4, -0.2) is 48.7 Å². The number of nitrogens with zero attached hydrogens (tertiary/aromatic N) is 1. The summed E-state index contributed by atoms with van der Waals surface area (Å²) in [6, 6.07) is 19.7. The molecule has 0 saturated heterocycles. The zero-order valence-corrected chi connectivity index (χ0v) is 21.1. The van der Waals surface area contributed by atoms with Crippen LogP contribution in [0.5, 0.6) is 11.5 Å². The quantitative estimate of drug-likeness (QED) is 0.409. The average Bonchev–Trinajstić information content (AvgIpc) is 3.56. The molecule has 0 radical (unpaired) electrons. The molecule has 0 aromatic heterocycles. The zero-order chi connectivity index (χ0) is 26.2. The van der Waals surface area contributed by atoms with Gasteiger partial charge in [-0.15, -0.1) is 0 Å². The lowest BCUT2D eigenvalue weighted by molar-refractivity contribution is -0.114. The van der Waals surface area contributed by atoms with Gasteiger partial charge < -0.3 is 24.4 Å². The van der Waals surface area contributed by atoms with Gasteiger partial charge in [0.1, 0.15) is 6.61 Å². The number of amides is 2. The summed E-state index contributed by atoms with van der Waals surface area (Å²) in [6.07, 6.45) is 1.46. The van der Waals surface area contributed by atoms with E-state index in [4.69, 9.17) is 14.2 Å². The molecular formula is C30H28N2O6. The Labute approximate surface area is 220 Å². The number of hydrogen-bond acceptors (Lipinski definition) is 6. The van der Waals surface area contributed by atoms with Crippen molar-refractivity contribution in [3.05, 3.63) is 77.4 Å². The highest BCUT2D eigenvalue weighted by Crippen LogP contribution is 2.44. The van der Waals surface area contributed by atoms with Crippen molar-refractivity contribution in [2.24, 2.45) is 0 Å². The molecule has 194 valence electrons. The molecule has 1 saturated carbocycles. The second kappa shape index (κ2) is 9.85. The summed E-state index contributed by atoms with van der Waals surface area (Å²) >= 11 is 0. The lowest BCUT2D eigenvalue weighted by Gasteiger charge is -2.23. The van der Waals surface area contributed by atoms with Crippen molar-refractivity contribution in [1.82, 2.24) is 4.90 Å². The van der Waals surface area contributed by atoms with Crippen molar-refractivity contribution in [3.63, 3.8) is 0 Å². The topological polar surface area (TPSA) is 94.2 Å². The van der Waals surface area contributed by atoms with Gasteiger partial charge in [0.2, 0.25) is 12.7 Å². The maximum absolute atomic E-state index is 13.2.